The summed E-state index contributed by atoms with van der Waals surface area (Å²) >= 11 is 5.92. The van der Waals surface area contributed by atoms with Gasteiger partial charge in [-0.2, -0.15) is 4.98 Å². The van der Waals surface area contributed by atoms with E-state index < -0.39 is 15.8 Å². The number of rotatable bonds is 9. The van der Waals surface area contributed by atoms with Crippen LogP contribution in [-0.4, -0.2) is 43.7 Å². The van der Waals surface area contributed by atoms with E-state index in [1.165, 1.54) is 24.3 Å². The normalized spacial score (nSPS) is 11.5. The van der Waals surface area contributed by atoms with Crippen molar-refractivity contribution < 1.29 is 22.3 Å². The Labute approximate surface area is 206 Å². The second kappa shape index (κ2) is 10.5. The molecule has 2 heterocycles. The smallest absolute Gasteiger partial charge is 0.245 e. The van der Waals surface area contributed by atoms with Crippen molar-refractivity contribution in [1.29, 1.82) is 0 Å². The lowest BCUT2D eigenvalue weighted by atomic mass is 10.1. The van der Waals surface area contributed by atoms with E-state index in [9.17, 15) is 12.8 Å². The Morgan fingerprint density at radius 2 is 1.80 bits per heavy atom. The average molecular weight is 518 g/mol. The van der Waals surface area contributed by atoms with Gasteiger partial charge in [0.05, 0.1) is 27.7 Å². The van der Waals surface area contributed by atoms with Gasteiger partial charge >= 0.3 is 0 Å². The predicted octanol–water partition coefficient (Wildman–Crippen LogP) is 3.77. The highest BCUT2D eigenvalue weighted by Crippen LogP contribution is 2.28. The van der Waals surface area contributed by atoms with Gasteiger partial charge in [0.1, 0.15) is 12.4 Å². The van der Waals surface area contributed by atoms with Crippen LogP contribution in [0.5, 0.6) is 5.88 Å². The molecule has 2 aromatic carbocycles. The van der Waals surface area contributed by atoms with Gasteiger partial charge < -0.3 is 14.8 Å². The molecule has 0 radical (unpaired) electrons. The van der Waals surface area contributed by atoms with Crippen LogP contribution < -0.4 is 15.2 Å². The highest BCUT2D eigenvalue weighted by molar-refractivity contribution is 7.89. The van der Waals surface area contributed by atoms with Crippen molar-refractivity contribution in [3.63, 3.8) is 0 Å². The number of halogens is 2. The maximum Gasteiger partial charge on any atom is 0.245 e. The molecule has 0 unspecified atom stereocenters. The van der Waals surface area contributed by atoms with Gasteiger partial charge in [-0.15, -0.1) is 0 Å². The molecule has 0 spiro atoms. The number of sulfonamides is 1. The minimum atomic E-state index is -3.76. The maximum absolute atomic E-state index is 13.6. The van der Waals surface area contributed by atoms with Crippen molar-refractivity contribution >= 4 is 38.6 Å². The minimum Gasteiger partial charge on any atom is -0.474 e. The topological polar surface area (TPSA) is 129 Å². The molecule has 182 valence electrons. The SMILES string of the molecule is COCCOc1nc(NCc2ccc(S(N)(=O)=O)cc2)nc2ccc(-c3ccc(F)c(Cl)c3)nc12. The molecule has 0 bridgehead atoms. The molecular weight excluding hydrogens is 497 g/mol. The number of methoxy groups -OCH3 is 1. The standard InChI is InChI=1S/C23H21ClFN5O4S/c1-33-10-11-34-22-21-20(9-8-19(28-21)15-4-7-18(25)17(24)12-15)29-23(30-22)27-13-14-2-5-16(6-3-14)35(26,31)32/h2-9,12H,10-11,13H2,1H3,(H2,26,31,32)(H,27,29,30). The third-order valence-electron chi connectivity index (χ3n) is 4.95. The van der Waals surface area contributed by atoms with Crippen molar-refractivity contribution in [2.45, 2.75) is 11.4 Å². The summed E-state index contributed by atoms with van der Waals surface area (Å²) < 4.78 is 47.3. The number of pyridine rings is 1. The second-order valence-electron chi connectivity index (χ2n) is 7.43. The Bertz CT molecular complexity index is 1470. The van der Waals surface area contributed by atoms with Crippen LogP contribution >= 0.6 is 11.6 Å². The Hall–Kier alpha value is -3.38. The average Bonchev–Trinajstić information content (AvgIpc) is 2.84. The Kier molecular flexibility index (Phi) is 7.41. The summed E-state index contributed by atoms with van der Waals surface area (Å²) in [6, 6.07) is 14.0. The maximum atomic E-state index is 13.6. The summed E-state index contributed by atoms with van der Waals surface area (Å²) in [6.45, 7) is 0.913. The minimum absolute atomic E-state index is 0.00569. The Morgan fingerprint density at radius 3 is 2.49 bits per heavy atom. The van der Waals surface area contributed by atoms with Crippen LogP contribution in [-0.2, 0) is 21.3 Å². The van der Waals surface area contributed by atoms with Crippen molar-refractivity contribution in [2.24, 2.45) is 5.14 Å². The van der Waals surface area contributed by atoms with Crippen LogP contribution in [0.2, 0.25) is 5.02 Å². The molecule has 0 aliphatic rings. The van der Waals surface area contributed by atoms with E-state index in [1.54, 1.807) is 37.4 Å². The number of hydrogen-bond acceptors (Lipinski definition) is 8. The molecule has 0 saturated heterocycles. The number of fused-ring (bicyclic) bond motifs is 1. The Morgan fingerprint density at radius 1 is 1.03 bits per heavy atom. The summed E-state index contributed by atoms with van der Waals surface area (Å²) in [4.78, 5) is 13.6. The first-order valence-electron chi connectivity index (χ1n) is 10.4. The van der Waals surface area contributed by atoms with E-state index >= 15 is 0 Å². The lowest BCUT2D eigenvalue weighted by Crippen LogP contribution is -2.12. The van der Waals surface area contributed by atoms with E-state index in [-0.39, 0.29) is 22.4 Å². The number of benzene rings is 2. The van der Waals surface area contributed by atoms with Crippen LogP contribution in [0.1, 0.15) is 5.56 Å². The van der Waals surface area contributed by atoms with Gasteiger partial charge in [-0.1, -0.05) is 23.7 Å². The molecule has 0 atom stereocenters. The van der Waals surface area contributed by atoms with Crippen LogP contribution in [0.3, 0.4) is 0 Å². The van der Waals surface area contributed by atoms with Crippen LogP contribution in [0.15, 0.2) is 59.5 Å². The van der Waals surface area contributed by atoms with Gasteiger partial charge in [0.25, 0.3) is 0 Å². The van der Waals surface area contributed by atoms with Crippen molar-refractivity contribution in [3.8, 4) is 17.1 Å². The summed E-state index contributed by atoms with van der Waals surface area (Å²) in [5.41, 5.74) is 2.92. The van der Waals surface area contributed by atoms with Gasteiger partial charge in [0.2, 0.25) is 21.9 Å². The van der Waals surface area contributed by atoms with Gasteiger partial charge in [-0.3, -0.25) is 0 Å². The number of nitrogens with zero attached hydrogens (tertiary/aromatic N) is 3. The quantitative estimate of drug-likeness (QED) is 0.321. The summed E-state index contributed by atoms with van der Waals surface area (Å²) in [5.74, 6) is 0.0205. The molecule has 35 heavy (non-hydrogen) atoms. The summed E-state index contributed by atoms with van der Waals surface area (Å²) in [6.07, 6.45) is 0. The van der Waals surface area contributed by atoms with Crippen LogP contribution in [0.4, 0.5) is 10.3 Å². The first kappa shape index (κ1) is 24.7. The molecule has 0 aliphatic carbocycles. The first-order chi connectivity index (χ1) is 16.7. The van der Waals surface area contributed by atoms with Crippen molar-refractivity contribution in [3.05, 3.63) is 71.0 Å². The van der Waals surface area contributed by atoms with Crippen LogP contribution in [0, 0.1) is 5.82 Å². The number of primary sulfonamides is 1. The lowest BCUT2D eigenvalue weighted by Gasteiger charge is -2.12. The Balaban J connectivity index is 1.63. The second-order valence-corrected chi connectivity index (χ2v) is 9.40. The predicted molar refractivity (Wildman–Crippen MR) is 130 cm³/mol. The van der Waals surface area contributed by atoms with Crippen molar-refractivity contribution in [1.82, 2.24) is 15.0 Å². The molecular formula is C23H21ClFN5O4S. The molecule has 2 aromatic heterocycles. The number of nitrogens with one attached hydrogen (secondary N) is 1. The van der Waals surface area contributed by atoms with E-state index in [1.807, 2.05) is 0 Å². The van der Waals surface area contributed by atoms with Gasteiger partial charge in [-0.25, -0.2) is 27.9 Å². The highest BCUT2D eigenvalue weighted by atomic mass is 35.5. The van der Waals surface area contributed by atoms with E-state index in [0.29, 0.717) is 41.4 Å². The molecule has 0 aliphatic heterocycles. The monoisotopic (exact) mass is 517 g/mol. The van der Waals surface area contributed by atoms with Crippen molar-refractivity contribution in [2.75, 3.05) is 25.6 Å². The fraction of sp³-hybridized carbons (Fsp3) is 0.174. The highest BCUT2D eigenvalue weighted by Gasteiger charge is 2.14. The molecule has 4 rings (SSSR count). The van der Waals surface area contributed by atoms with E-state index in [2.05, 4.69) is 20.3 Å². The number of ether oxygens (including phenoxy) is 2. The largest absolute Gasteiger partial charge is 0.474 e. The number of aromatic nitrogens is 3. The fourth-order valence-corrected chi connectivity index (χ4v) is 3.88. The van der Waals surface area contributed by atoms with Gasteiger partial charge in [0.15, 0.2) is 5.52 Å². The molecule has 9 nitrogen and oxygen atoms in total. The van der Waals surface area contributed by atoms with Crippen LogP contribution in [0.25, 0.3) is 22.3 Å². The zero-order valence-electron chi connectivity index (χ0n) is 18.5. The van der Waals surface area contributed by atoms with Gasteiger partial charge in [0, 0.05) is 19.2 Å². The molecule has 0 saturated carbocycles. The zero-order chi connectivity index (χ0) is 25.0. The third kappa shape index (κ3) is 6.01. The number of hydrogen-bond donors (Lipinski definition) is 2. The summed E-state index contributed by atoms with van der Waals surface area (Å²) in [7, 11) is -2.20. The molecule has 0 fully saturated rings. The van der Waals surface area contributed by atoms with Gasteiger partial charge in [-0.05, 0) is 48.0 Å². The van der Waals surface area contributed by atoms with E-state index in [4.69, 9.17) is 26.2 Å². The molecule has 3 N–H and O–H groups in total. The molecule has 0 amide bonds. The van der Waals surface area contributed by atoms with E-state index in [0.717, 1.165) is 5.56 Å². The fourth-order valence-electron chi connectivity index (χ4n) is 3.18. The summed E-state index contributed by atoms with van der Waals surface area (Å²) in [5, 5.41) is 8.23. The zero-order valence-corrected chi connectivity index (χ0v) is 20.1. The number of anilines is 1. The number of nitrogens with two attached hydrogens (primary N) is 1. The lowest BCUT2D eigenvalue weighted by molar-refractivity contribution is 0.144. The molecule has 4 aromatic rings. The first-order valence-corrected chi connectivity index (χ1v) is 12.3. The third-order valence-corrected chi connectivity index (χ3v) is 6.17. The molecule has 12 heteroatoms.